The van der Waals surface area contributed by atoms with E-state index in [1.807, 2.05) is 4.68 Å². The molecule has 16 heavy (non-hydrogen) atoms. The Hall–Kier alpha value is -0.940. The van der Waals surface area contributed by atoms with Crippen LogP contribution in [-0.4, -0.2) is 33.0 Å². The number of hydrogen-bond acceptors (Lipinski definition) is 4. The van der Waals surface area contributed by atoms with Gasteiger partial charge in [-0.3, -0.25) is 0 Å². The van der Waals surface area contributed by atoms with E-state index in [1.165, 1.54) is 6.42 Å². The van der Waals surface area contributed by atoms with E-state index in [-0.39, 0.29) is 6.61 Å². The maximum absolute atomic E-state index is 9.17. The molecule has 1 fully saturated rings. The van der Waals surface area contributed by atoms with Crippen molar-refractivity contribution in [2.45, 2.75) is 38.3 Å². The molecule has 0 saturated carbocycles. The fourth-order valence-corrected chi connectivity index (χ4v) is 2.60. The number of fused-ring (bicyclic) bond motifs is 1. The van der Waals surface area contributed by atoms with E-state index in [0.29, 0.717) is 12.0 Å². The maximum atomic E-state index is 9.17. The lowest BCUT2D eigenvalue weighted by atomic mass is 9.99. The van der Waals surface area contributed by atoms with Crippen molar-refractivity contribution in [1.29, 1.82) is 0 Å². The first-order valence-electron chi connectivity index (χ1n) is 6.14. The second-order valence-corrected chi connectivity index (χ2v) is 4.80. The van der Waals surface area contributed by atoms with Gasteiger partial charge in [0, 0.05) is 19.6 Å². The average molecular weight is 222 g/mol. The molecule has 5 nitrogen and oxygen atoms in total. The number of aliphatic hydroxyl groups is 1. The number of nitrogens with one attached hydrogen (secondary N) is 1. The first kappa shape index (κ1) is 10.2. The van der Waals surface area contributed by atoms with Crippen molar-refractivity contribution in [3.63, 3.8) is 0 Å². The number of nitrogens with zero attached hydrogens (tertiary/aromatic N) is 3. The molecule has 2 N–H and O–H groups in total. The molecule has 0 radical (unpaired) electrons. The highest BCUT2D eigenvalue weighted by atomic mass is 16.3. The van der Waals surface area contributed by atoms with E-state index < -0.39 is 0 Å². The lowest BCUT2D eigenvalue weighted by molar-refractivity contribution is 0.196. The summed E-state index contributed by atoms with van der Waals surface area (Å²) in [4.78, 5) is 4.61. The van der Waals surface area contributed by atoms with Gasteiger partial charge in [0.2, 0.25) is 0 Å². The smallest absolute Gasteiger partial charge is 0.167 e. The summed E-state index contributed by atoms with van der Waals surface area (Å²) in [6.45, 7) is 2.25. The van der Waals surface area contributed by atoms with Gasteiger partial charge in [0.15, 0.2) is 5.82 Å². The van der Waals surface area contributed by atoms with E-state index in [0.717, 1.165) is 44.0 Å². The van der Waals surface area contributed by atoms with Crippen molar-refractivity contribution in [2.24, 2.45) is 5.92 Å². The van der Waals surface area contributed by atoms with Crippen LogP contribution in [0.25, 0.3) is 0 Å². The molecule has 0 bridgehead atoms. The molecule has 3 rings (SSSR count). The molecule has 2 aliphatic rings. The first-order chi connectivity index (χ1) is 7.86. The maximum Gasteiger partial charge on any atom is 0.167 e. The zero-order valence-electron chi connectivity index (χ0n) is 9.39. The molecule has 1 aromatic heterocycles. The molecule has 0 aliphatic carbocycles. The zero-order valence-corrected chi connectivity index (χ0v) is 9.39. The molecule has 88 valence electrons. The fourth-order valence-electron chi connectivity index (χ4n) is 2.60. The third kappa shape index (κ3) is 1.74. The number of aromatic nitrogens is 3. The van der Waals surface area contributed by atoms with Crippen LogP contribution in [0, 0.1) is 5.92 Å². The lowest BCUT2D eigenvalue weighted by Crippen LogP contribution is -2.22. The highest BCUT2D eigenvalue weighted by Crippen LogP contribution is 2.23. The first-order valence-corrected chi connectivity index (χ1v) is 6.14. The molecule has 2 aliphatic heterocycles. The minimum Gasteiger partial charge on any atom is -0.396 e. The third-order valence-corrected chi connectivity index (χ3v) is 3.62. The van der Waals surface area contributed by atoms with Crippen molar-refractivity contribution < 1.29 is 5.11 Å². The lowest BCUT2D eigenvalue weighted by Gasteiger charge is -2.19. The van der Waals surface area contributed by atoms with Gasteiger partial charge in [-0.1, -0.05) is 0 Å². The molecular weight excluding hydrogens is 204 g/mol. The Morgan fingerprint density at radius 1 is 1.44 bits per heavy atom. The summed E-state index contributed by atoms with van der Waals surface area (Å²) in [7, 11) is 0. The molecule has 0 amide bonds. The Morgan fingerprint density at radius 3 is 3.12 bits per heavy atom. The molecule has 3 heterocycles. The van der Waals surface area contributed by atoms with Crippen molar-refractivity contribution in [2.75, 3.05) is 13.2 Å². The van der Waals surface area contributed by atoms with E-state index in [9.17, 15) is 0 Å². The van der Waals surface area contributed by atoms with Gasteiger partial charge in [0.25, 0.3) is 0 Å². The van der Waals surface area contributed by atoms with Crippen LogP contribution in [0.15, 0.2) is 0 Å². The van der Waals surface area contributed by atoms with Gasteiger partial charge in [-0.2, -0.15) is 5.10 Å². The molecule has 0 aromatic carbocycles. The summed E-state index contributed by atoms with van der Waals surface area (Å²) in [5, 5.41) is 17.1. The Balaban J connectivity index is 1.80. The summed E-state index contributed by atoms with van der Waals surface area (Å²) in [6, 6.07) is 0.352. The van der Waals surface area contributed by atoms with Gasteiger partial charge in [-0.05, 0) is 31.7 Å². The van der Waals surface area contributed by atoms with Crippen molar-refractivity contribution in [3.05, 3.63) is 11.6 Å². The topological polar surface area (TPSA) is 63.0 Å². The molecule has 1 aromatic rings. The monoisotopic (exact) mass is 222 g/mol. The van der Waals surface area contributed by atoms with Gasteiger partial charge in [0.1, 0.15) is 5.82 Å². The molecule has 0 spiro atoms. The van der Waals surface area contributed by atoms with Gasteiger partial charge < -0.3 is 10.4 Å². The SMILES string of the molecule is OCC1CCn2nc(C3CCCN3)nc2C1. The van der Waals surface area contributed by atoms with Gasteiger partial charge >= 0.3 is 0 Å². The molecule has 2 atom stereocenters. The second-order valence-electron chi connectivity index (χ2n) is 4.80. The zero-order chi connectivity index (χ0) is 11.0. The standard InChI is InChI=1S/C11H18N4O/c16-7-8-3-5-15-10(6-8)13-11(14-15)9-2-1-4-12-9/h8-9,12,16H,1-7H2. The minimum absolute atomic E-state index is 0.268. The quantitative estimate of drug-likeness (QED) is 0.753. The van der Waals surface area contributed by atoms with Crippen LogP contribution in [0.5, 0.6) is 0 Å². The van der Waals surface area contributed by atoms with Crippen LogP contribution in [0.3, 0.4) is 0 Å². The Kier molecular flexibility index (Phi) is 2.65. The van der Waals surface area contributed by atoms with Crippen LogP contribution in [0.1, 0.15) is 37.0 Å². The molecule has 1 saturated heterocycles. The molecule has 5 heteroatoms. The van der Waals surface area contributed by atoms with Crippen molar-refractivity contribution in [1.82, 2.24) is 20.1 Å². The Bertz CT molecular complexity index is 370. The molecular formula is C11H18N4O. The second kappa shape index (κ2) is 4.14. The number of aliphatic hydroxyl groups excluding tert-OH is 1. The largest absolute Gasteiger partial charge is 0.396 e. The predicted octanol–water partition coefficient (Wildman–Crippen LogP) is 0.257. The fraction of sp³-hybridized carbons (Fsp3) is 0.818. The Morgan fingerprint density at radius 2 is 2.38 bits per heavy atom. The third-order valence-electron chi connectivity index (χ3n) is 3.62. The van der Waals surface area contributed by atoms with Crippen LogP contribution >= 0.6 is 0 Å². The van der Waals surface area contributed by atoms with Crippen molar-refractivity contribution >= 4 is 0 Å². The van der Waals surface area contributed by atoms with E-state index in [1.54, 1.807) is 0 Å². The van der Waals surface area contributed by atoms with Crippen LogP contribution in [0.2, 0.25) is 0 Å². The summed E-state index contributed by atoms with van der Waals surface area (Å²) in [5.41, 5.74) is 0. The van der Waals surface area contributed by atoms with Gasteiger partial charge in [-0.15, -0.1) is 0 Å². The predicted molar refractivity (Wildman–Crippen MR) is 58.9 cm³/mol. The van der Waals surface area contributed by atoms with E-state index in [2.05, 4.69) is 15.4 Å². The number of rotatable bonds is 2. The number of aryl methyl sites for hydroxylation is 1. The summed E-state index contributed by atoms with van der Waals surface area (Å²) < 4.78 is 2.02. The minimum atomic E-state index is 0.268. The van der Waals surface area contributed by atoms with E-state index in [4.69, 9.17) is 5.11 Å². The van der Waals surface area contributed by atoms with Gasteiger partial charge in [-0.25, -0.2) is 9.67 Å². The number of hydrogen-bond donors (Lipinski definition) is 2. The normalized spacial score (nSPS) is 29.3. The Labute approximate surface area is 94.9 Å². The summed E-state index contributed by atoms with van der Waals surface area (Å²) in [5.74, 6) is 2.38. The highest BCUT2D eigenvalue weighted by Gasteiger charge is 2.25. The summed E-state index contributed by atoms with van der Waals surface area (Å²) >= 11 is 0. The van der Waals surface area contributed by atoms with Crippen molar-refractivity contribution in [3.8, 4) is 0 Å². The van der Waals surface area contributed by atoms with E-state index >= 15 is 0 Å². The van der Waals surface area contributed by atoms with Gasteiger partial charge in [0.05, 0.1) is 6.04 Å². The average Bonchev–Trinajstić information content (AvgIpc) is 2.96. The summed E-state index contributed by atoms with van der Waals surface area (Å²) in [6.07, 6.45) is 4.25. The van der Waals surface area contributed by atoms with Crippen LogP contribution < -0.4 is 5.32 Å². The van der Waals surface area contributed by atoms with Crippen LogP contribution in [-0.2, 0) is 13.0 Å². The molecule has 2 unspecified atom stereocenters. The van der Waals surface area contributed by atoms with Crippen LogP contribution in [0.4, 0.5) is 0 Å². The highest BCUT2D eigenvalue weighted by molar-refractivity contribution is 5.03.